The Balaban J connectivity index is 1.26. The molecule has 3 aromatic carbocycles. The fraction of sp³-hybridized carbons (Fsp3) is 0.115. The fourth-order valence-corrected chi connectivity index (χ4v) is 4.18. The number of amides is 3. The van der Waals surface area contributed by atoms with Crippen molar-refractivity contribution in [3.8, 4) is 0 Å². The van der Waals surface area contributed by atoms with Gasteiger partial charge < -0.3 is 20.5 Å². The SMILES string of the molecule is O=C(CC1NC(=O)c2ccccc2NC1=O)Nc1ccc2c(ccn2Cc2ccc(Cl)cc2)c1. The quantitative estimate of drug-likeness (QED) is 0.401. The van der Waals surface area contributed by atoms with E-state index in [-0.39, 0.29) is 12.3 Å². The maximum Gasteiger partial charge on any atom is 0.254 e. The lowest BCUT2D eigenvalue weighted by atomic mass is 10.1. The first-order valence-electron chi connectivity index (χ1n) is 10.8. The molecule has 7 nitrogen and oxygen atoms in total. The summed E-state index contributed by atoms with van der Waals surface area (Å²) in [5, 5.41) is 9.85. The summed E-state index contributed by atoms with van der Waals surface area (Å²) in [7, 11) is 0. The minimum Gasteiger partial charge on any atom is -0.343 e. The molecule has 8 heteroatoms. The molecule has 0 bridgehead atoms. The topological polar surface area (TPSA) is 92.2 Å². The highest BCUT2D eigenvalue weighted by atomic mass is 35.5. The van der Waals surface area contributed by atoms with Crippen molar-refractivity contribution in [1.29, 1.82) is 0 Å². The summed E-state index contributed by atoms with van der Waals surface area (Å²) in [6, 6.07) is 21.1. The third-order valence-corrected chi connectivity index (χ3v) is 6.01. The lowest BCUT2D eigenvalue weighted by molar-refractivity contribution is -0.122. The number of benzene rings is 3. The van der Waals surface area contributed by atoms with Crippen LogP contribution in [0.25, 0.3) is 10.9 Å². The Labute approximate surface area is 200 Å². The standard InChI is InChI=1S/C26H21ClN4O3/c27-18-7-5-16(6-8-18)15-31-12-11-17-13-19(9-10-23(17)31)28-24(32)14-22-26(34)29-21-4-2-1-3-20(21)25(33)30-22/h1-13,22H,14-15H2,(H,28,32)(H,29,34)(H,30,33). The molecule has 5 rings (SSSR count). The van der Waals surface area contributed by atoms with E-state index in [2.05, 4.69) is 20.5 Å². The average Bonchev–Trinajstić information content (AvgIpc) is 3.17. The molecule has 0 saturated heterocycles. The summed E-state index contributed by atoms with van der Waals surface area (Å²) >= 11 is 5.97. The van der Waals surface area contributed by atoms with Gasteiger partial charge in [0.05, 0.1) is 17.7 Å². The Hall–Kier alpha value is -4.10. The Bertz CT molecular complexity index is 1410. The van der Waals surface area contributed by atoms with Gasteiger partial charge in [-0.2, -0.15) is 0 Å². The van der Waals surface area contributed by atoms with Gasteiger partial charge in [-0.3, -0.25) is 14.4 Å². The molecule has 0 aliphatic carbocycles. The van der Waals surface area contributed by atoms with E-state index < -0.39 is 17.9 Å². The van der Waals surface area contributed by atoms with Gasteiger partial charge in [0.2, 0.25) is 11.8 Å². The van der Waals surface area contributed by atoms with Crippen LogP contribution < -0.4 is 16.0 Å². The first kappa shape index (κ1) is 21.7. The van der Waals surface area contributed by atoms with Gasteiger partial charge in [-0.25, -0.2) is 0 Å². The van der Waals surface area contributed by atoms with Crippen LogP contribution in [0.2, 0.25) is 5.02 Å². The van der Waals surface area contributed by atoms with E-state index in [1.54, 1.807) is 24.3 Å². The molecular formula is C26H21ClN4O3. The number of para-hydroxylation sites is 1. The van der Waals surface area contributed by atoms with Gasteiger partial charge >= 0.3 is 0 Å². The first-order valence-corrected chi connectivity index (χ1v) is 11.2. The third kappa shape index (κ3) is 4.51. The van der Waals surface area contributed by atoms with E-state index in [9.17, 15) is 14.4 Å². The second-order valence-electron chi connectivity index (χ2n) is 8.16. The predicted octanol–water partition coefficient (Wildman–Crippen LogP) is 4.42. The smallest absolute Gasteiger partial charge is 0.254 e. The van der Waals surface area contributed by atoms with Crippen molar-refractivity contribution in [2.75, 3.05) is 10.6 Å². The molecule has 34 heavy (non-hydrogen) atoms. The van der Waals surface area contributed by atoms with E-state index in [1.165, 1.54) is 0 Å². The molecule has 0 spiro atoms. The predicted molar refractivity (Wildman–Crippen MR) is 132 cm³/mol. The number of hydrogen-bond acceptors (Lipinski definition) is 3. The molecule has 1 aliphatic heterocycles. The maximum atomic E-state index is 12.7. The molecule has 0 radical (unpaired) electrons. The highest BCUT2D eigenvalue weighted by Crippen LogP contribution is 2.23. The van der Waals surface area contributed by atoms with Crippen LogP contribution in [0.5, 0.6) is 0 Å². The van der Waals surface area contributed by atoms with Crippen LogP contribution in [-0.2, 0) is 16.1 Å². The van der Waals surface area contributed by atoms with Crippen molar-refractivity contribution in [3.05, 3.63) is 95.1 Å². The van der Waals surface area contributed by atoms with Gasteiger partial charge in [0.15, 0.2) is 0 Å². The number of rotatable bonds is 5. The Morgan fingerprint density at radius 2 is 1.79 bits per heavy atom. The van der Waals surface area contributed by atoms with Gasteiger partial charge in [-0.1, -0.05) is 35.9 Å². The van der Waals surface area contributed by atoms with Crippen LogP contribution in [0.15, 0.2) is 79.0 Å². The summed E-state index contributed by atoms with van der Waals surface area (Å²) in [5.41, 5.74) is 3.57. The number of carbonyl (C=O) groups is 3. The van der Waals surface area contributed by atoms with Gasteiger partial charge in [0.25, 0.3) is 5.91 Å². The molecule has 1 aromatic heterocycles. The zero-order valence-electron chi connectivity index (χ0n) is 18.0. The molecule has 1 atom stereocenters. The molecule has 4 aromatic rings. The normalized spacial score (nSPS) is 15.3. The van der Waals surface area contributed by atoms with Crippen molar-refractivity contribution in [1.82, 2.24) is 9.88 Å². The molecule has 1 unspecified atom stereocenters. The molecule has 0 fully saturated rings. The van der Waals surface area contributed by atoms with Crippen molar-refractivity contribution in [2.45, 2.75) is 19.0 Å². The zero-order chi connectivity index (χ0) is 23.7. The lowest BCUT2D eigenvalue weighted by Crippen LogP contribution is -2.43. The first-order chi connectivity index (χ1) is 16.5. The average molecular weight is 473 g/mol. The summed E-state index contributed by atoms with van der Waals surface area (Å²) in [4.78, 5) is 37.7. The minimum atomic E-state index is -0.968. The van der Waals surface area contributed by atoms with Crippen LogP contribution in [0.3, 0.4) is 0 Å². The number of hydrogen-bond donors (Lipinski definition) is 3. The maximum absolute atomic E-state index is 12.7. The van der Waals surface area contributed by atoms with Gasteiger partial charge in [-0.15, -0.1) is 0 Å². The van der Waals surface area contributed by atoms with Crippen molar-refractivity contribution in [3.63, 3.8) is 0 Å². The number of fused-ring (bicyclic) bond motifs is 2. The second kappa shape index (κ2) is 9.03. The monoisotopic (exact) mass is 472 g/mol. The highest BCUT2D eigenvalue weighted by molar-refractivity contribution is 6.30. The number of halogens is 1. The van der Waals surface area contributed by atoms with Crippen LogP contribution in [0.1, 0.15) is 22.3 Å². The summed E-state index contributed by atoms with van der Waals surface area (Å²) in [6.45, 7) is 0.700. The molecule has 3 amide bonds. The van der Waals surface area contributed by atoms with Crippen molar-refractivity contribution >= 4 is 51.6 Å². The third-order valence-electron chi connectivity index (χ3n) is 5.76. The second-order valence-corrected chi connectivity index (χ2v) is 8.59. The largest absolute Gasteiger partial charge is 0.343 e. The number of carbonyl (C=O) groups excluding carboxylic acids is 3. The highest BCUT2D eigenvalue weighted by Gasteiger charge is 2.29. The van der Waals surface area contributed by atoms with E-state index in [4.69, 9.17) is 11.6 Å². The summed E-state index contributed by atoms with van der Waals surface area (Å²) in [5.74, 6) is -1.19. The van der Waals surface area contributed by atoms with E-state index in [0.29, 0.717) is 28.5 Å². The number of aromatic nitrogens is 1. The number of nitrogens with one attached hydrogen (secondary N) is 3. The molecule has 170 valence electrons. The van der Waals surface area contributed by atoms with Gasteiger partial charge in [0, 0.05) is 34.4 Å². The number of nitrogens with zero attached hydrogens (tertiary/aromatic N) is 1. The summed E-state index contributed by atoms with van der Waals surface area (Å²) in [6.07, 6.45) is 1.81. The Morgan fingerprint density at radius 3 is 2.62 bits per heavy atom. The van der Waals surface area contributed by atoms with Gasteiger partial charge in [0.1, 0.15) is 6.04 Å². The zero-order valence-corrected chi connectivity index (χ0v) is 18.8. The molecule has 1 aliphatic rings. The van der Waals surface area contributed by atoms with Crippen LogP contribution in [-0.4, -0.2) is 28.3 Å². The van der Waals surface area contributed by atoms with E-state index >= 15 is 0 Å². The molecule has 3 N–H and O–H groups in total. The molecule has 2 heterocycles. The van der Waals surface area contributed by atoms with Crippen molar-refractivity contribution in [2.24, 2.45) is 0 Å². The van der Waals surface area contributed by atoms with Gasteiger partial charge in [-0.05, 0) is 54.1 Å². The van der Waals surface area contributed by atoms with E-state index in [0.717, 1.165) is 16.5 Å². The Morgan fingerprint density at radius 1 is 1.00 bits per heavy atom. The van der Waals surface area contributed by atoms with E-state index in [1.807, 2.05) is 54.7 Å². The lowest BCUT2D eigenvalue weighted by Gasteiger charge is -2.14. The molecular weight excluding hydrogens is 452 g/mol. The Kier molecular flexibility index (Phi) is 5.77. The van der Waals surface area contributed by atoms with Crippen LogP contribution >= 0.6 is 11.6 Å². The van der Waals surface area contributed by atoms with Crippen LogP contribution in [0.4, 0.5) is 11.4 Å². The summed E-state index contributed by atoms with van der Waals surface area (Å²) < 4.78 is 2.12. The fourth-order valence-electron chi connectivity index (χ4n) is 4.05. The molecule has 0 saturated carbocycles. The minimum absolute atomic E-state index is 0.179. The number of anilines is 2. The van der Waals surface area contributed by atoms with Crippen molar-refractivity contribution < 1.29 is 14.4 Å². The van der Waals surface area contributed by atoms with Crippen LogP contribution in [0, 0.1) is 0 Å².